The van der Waals surface area contributed by atoms with Gasteiger partial charge in [-0.2, -0.15) is 0 Å². The fourth-order valence-electron chi connectivity index (χ4n) is 19.7. The molecule has 0 fully saturated rings. The number of rotatable bonds is 8. The molecule has 5 aromatic heterocycles. The molecule has 0 saturated carbocycles. The van der Waals surface area contributed by atoms with Crippen LogP contribution in [0, 0.1) is 0 Å². The molecule has 0 amide bonds. The predicted molar refractivity (Wildman–Crippen MR) is 526 cm³/mol. The summed E-state index contributed by atoms with van der Waals surface area (Å²) in [5.74, 6) is -0.840. The molecule has 1 atom stereocenters. The van der Waals surface area contributed by atoms with E-state index in [1.54, 1.807) is 4.57 Å². The van der Waals surface area contributed by atoms with Gasteiger partial charge >= 0.3 is 0 Å². The molecule has 7 heteroatoms. The topological polar surface area (TPSA) is 39.3 Å². The highest BCUT2D eigenvalue weighted by molar-refractivity contribution is 6.18. The normalized spacial score (nSPS) is 15.8. The highest BCUT2D eigenvalue weighted by Crippen LogP contribution is 2.64. The molecule has 0 spiro atoms. The van der Waals surface area contributed by atoms with Crippen LogP contribution >= 0.6 is 0 Å². The highest BCUT2D eigenvalue weighted by Gasteiger charge is 2.44. The van der Waals surface area contributed by atoms with Crippen LogP contribution in [0.1, 0.15) is 176 Å². The second-order valence-electron chi connectivity index (χ2n) is 39.0. The molecule has 0 N–H and O–H groups in total. The van der Waals surface area contributed by atoms with Crippen LogP contribution in [0.2, 0.25) is 0 Å². The molecule has 16 aromatic carbocycles. The first-order valence-electron chi connectivity index (χ1n) is 50.8. The first kappa shape index (κ1) is 59.8. The van der Waals surface area contributed by atoms with E-state index in [-0.39, 0.29) is 82.1 Å². The Balaban J connectivity index is 0.913. The summed E-state index contributed by atoms with van der Waals surface area (Å²) >= 11 is 0. The average Bonchev–Trinajstić information content (AvgIpc) is 1.15. The van der Waals surface area contributed by atoms with Crippen LogP contribution in [0.25, 0.3) is 154 Å². The summed E-state index contributed by atoms with van der Waals surface area (Å²) in [5.41, 5.74) is 20.1. The minimum Gasteiger partial charge on any atom is -0.452 e. The molecule has 604 valence electrons. The number of fused-ring (bicyclic) bond motifs is 19. The molecule has 7 heterocycles. The van der Waals surface area contributed by atoms with Crippen molar-refractivity contribution in [1.82, 2.24) is 18.3 Å². The molecular formula is C117H100N6O. The van der Waals surface area contributed by atoms with Gasteiger partial charge in [-0.15, -0.1) is 0 Å². The molecule has 124 heavy (non-hydrogen) atoms. The molecular weight excluding hydrogens is 1510 g/mol. The van der Waals surface area contributed by atoms with E-state index in [4.69, 9.17) is 4.42 Å². The minimum atomic E-state index is -0.840. The molecule has 21 aromatic rings. The van der Waals surface area contributed by atoms with E-state index in [0.717, 1.165) is 105 Å². The molecule has 0 bridgehead atoms. The van der Waals surface area contributed by atoms with E-state index in [2.05, 4.69) is 281 Å². The van der Waals surface area contributed by atoms with Crippen LogP contribution in [-0.4, -0.2) is 18.3 Å². The van der Waals surface area contributed by atoms with E-state index in [9.17, 15) is 21.9 Å². The monoisotopic (exact) mass is 1620 g/mol. The summed E-state index contributed by atoms with van der Waals surface area (Å²) < 4.78 is 171. The van der Waals surface area contributed by atoms with E-state index in [0.29, 0.717) is 61.8 Å². The summed E-state index contributed by atoms with van der Waals surface area (Å²) in [5, 5.41) is 5.22. The van der Waals surface area contributed by atoms with Gasteiger partial charge in [0.15, 0.2) is 11.2 Å². The number of para-hydroxylation sites is 6. The van der Waals surface area contributed by atoms with Crippen molar-refractivity contribution >= 4 is 143 Å². The first-order chi connectivity index (χ1) is 66.3. The Morgan fingerprint density at radius 2 is 0.589 bits per heavy atom. The summed E-state index contributed by atoms with van der Waals surface area (Å²) in [6, 6.07) is 72.2. The summed E-state index contributed by atoms with van der Waals surface area (Å²) in [6.45, 7) is 33.3. The third-order valence-corrected chi connectivity index (χ3v) is 26.2. The maximum atomic E-state index is 10.3. The number of benzene rings is 16. The summed E-state index contributed by atoms with van der Waals surface area (Å²) in [7, 11) is 0. The molecule has 2 aliphatic rings. The van der Waals surface area contributed by atoms with Crippen LogP contribution in [0.3, 0.4) is 0 Å². The number of furan rings is 1. The van der Waals surface area contributed by atoms with Gasteiger partial charge in [0.05, 0.1) is 106 Å². The number of anilines is 6. The minimum absolute atomic E-state index is 0.102. The van der Waals surface area contributed by atoms with Crippen LogP contribution in [0.5, 0.6) is 0 Å². The lowest BCUT2D eigenvalue weighted by Crippen LogP contribution is -2.30. The first-order valence-corrected chi connectivity index (χ1v) is 42.8. The van der Waals surface area contributed by atoms with Gasteiger partial charge < -0.3 is 32.5 Å². The van der Waals surface area contributed by atoms with Crippen molar-refractivity contribution in [3.8, 4) is 45.0 Å². The third kappa shape index (κ3) is 11.5. The van der Waals surface area contributed by atoms with Gasteiger partial charge in [-0.05, 0) is 228 Å². The smallest absolute Gasteiger partial charge is 0.159 e. The predicted octanol–water partition coefficient (Wildman–Crippen LogP) is 32.5. The lowest BCUT2D eigenvalue weighted by atomic mass is 9.75. The van der Waals surface area contributed by atoms with E-state index in [1.807, 2.05) is 72.8 Å². The van der Waals surface area contributed by atoms with Crippen molar-refractivity contribution in [3.63, 3.8) is 0 Å². The van der Waals surface area contributed by atoms with E-state index >= 15 is 0 Å². The van der Waals surface area contributed by atoms with Gasteiger partial charge in [-0.1, -0.05) is 292 Å². The zero-order valence-corrected chi connectivity index (χ0v) is 72.1. The zero-order chi connectivity index (χ0) is 98.6. The van der Waals surface area contributed by atoms with Gasteiger partial charge in [0.2, 0.25) is 0 Å². The lowest BCUT2D eigenvalue weighted by Gasteiger charge is -2.45. The molecule has 7 nitrogen and oxygen atoms in total. The second kappa shape index (κ2) is 26.8. The van der Waals surface area contributed by atoms with Gasteiger partial charge in [0.1, 0.15) is 0 Å². The highest BCUT2D eigenvalue weighted by atomic mass is 16.3. The van der Waals surface area contributed by atoms with Crippen molar-refractivity contribution in [2.45, 2.75) is 137 Å². The fraction of sp³-hybridized carbons (Fsp3) is 0.179. The van der Waals surface area contributed by atoms with E-state index < -0.39 is 103 Å². The molecule has 0 radical (unpaired) electrons. The molecule has 2 aliphatic heterocycles. The standard InChI is InChI=1S/C117H100N6O/c1-113(2,3)74-45-43-71(44-46-74)73-59-72(70-29-17-16-18-30-70)60-81(61-73)121-105-66-79(119-99-55-47-75(114(4,5)6)62-91(99)92-63-76(115(7,8)9)48-56-100(92)119)51-53-89(105)109-90-54-52-80(118-95-37-23-19-31-83(95)84-32-20-24-38-96(84)118)67-106(90)123(108-69-82(68-107(121)110(108)109)120-97-39-25-21-33-85(97)86-34-22-26-40-98(86)120)104-42-28-36-88-87-35-27-41-103(111(87)124-112(88)104)122-101-57-49-77(116(10,11)12)64-93(101)94-65-78(117(13,14)15)50-58-102(94)122/h16-69,109H,1-15H3/i19D,20D,21D,22D,23D,24D,25D,26D,31D,32D,33D,34D,37D,38D,39D,40D. The van der Waals surface area contributed by atoms with Crippen molar-refractivity contribution < 1.29 is 26.3 Å². The van der Waals surface area contributed by atoms with Crippen molar-refractivity contribution in [1.29, 1.82) is 0 Å². The number of hydrogen-bond donors (Lipinski definition) is 0. The van der Waals surface area contributed by atoms with E-state index in [1.165, 1.54) is 15.7 Å². The van der Waals surface area contributed by atoms with Gasteiger partial charge in [-0.25, -0.2) is 0 Å². The van der Waals surface area contributed by atoms with Gasteiger partial charge in [0, 0.05) is 82.4 Å². The molecule has 0 saturated heterocycles. The van der Waals surface area contributed by atoms with Crippen molar-refractivity contribution in [3.05, 3.63) is 372 Å². The Kier molecular flexibility index (Phi) is 12.9. The summed E-state index contributed by atoms with van der Waals surface area (Å²) in [4.78, 5) is 4.38. The van der Waals surface area contributed by atoms with Gasteiger partial charge in [-0.3, -0.25) is 0 Å². The number of nitrogens with zero attached hydrogens (tertiary/aromatic N) is 6. The fourth-order valence-corrected chi connectivity index (χ4v) is 19.7. The quantitative estimate of drug-likeness (QED) is 0.152. The van der Waals surface area contributed by atoms with Crippen LogP contribution in [0.15, 0.2) is 332 Å². The SMILES string of the molecule is [2H]c1c([2H])c([2H])c2c(c1[2H])c1c([2H])c([2H])c([2H])c([2H])c1n2-c1ccc2c(c1)N(c1cccc3c1oc1c(-n4c5ccc(C(C)(C)C)cc5c5cc(C(C)(C)C)ccc54)cccc13)c1cc(-n3c4c([2H])c([2H])c([2H])c([2H])c4c4c([2H])c([2H])c([2H])c([2H])c43)cc3c1C2c1ccc(-n2c4ccc(C(C)(C)C)cc4c4cc(C(C)(C)C)ccc42)cc1N3c1cc(-c2ccccc2)cc(-c2ccc(C(C)(C)C)cc2)c1. The van der Waals surface area contributed by atoms with Crippen LogP contribution in [-0.2, 0) is 27.1 Å². The Bertz CT molecular complexity index is 8820. The second-order valence-corrected chi connectivity index (χ2v) is 39.0. The Labute approximate surface area is 747 Å². The molecule has 0 aliphatic carbocycles. The maximum Gasteiger partial charge on any atom is 0.159 e. The third-order valence-electron chi connectivity index (χ3n) is 26.2. The van der Waals surface area contributed by atoms with Crippen molar-refractivity contribution in [2.24, 2.45) is 0 Å². The Morgan fingerprint density at radius 1 is 0.234 bits per heavy atom. The van der Waals surface area contributed by atoms with Crippen molar-refractivity contribution in [2.75, 3.05) is 9.80 Å². The molecule has 1 unspecified atom stereocenters. The maximum absolute atomic E-state index is 10.3. The van der Waals surface area contributed by atoms with Crippen LogP contribution in [0.4, 0.5) is 34.1 Å². The Hall–Kier alpha value is -13.9. The largest absolute Gasteiger partial charge is 0.452 e. The average molecular weight is 1620 g/mol. The number of hydrogen-bond acceptors (Lipinski definition) is 3. The Morgan fingerprint density at radius 3 is 1.02 bits per heavy atom. The zero-order valence-electron chi connectivity index (χ0n) is 88.1. The summed E-state index contributed by atoms with van der Waals surface area (Å²) in [6.07, 6.45) is 0. The lowest BCUT2D eigenvalue weighted by molar-refractivity contribution is 0.590. The number of aromatic nitrogens is 4. The molecule has 23 rings (SSSR count). The van der Waals surface area contributed by atoms with Gasteiger partial charge in [0.25, 0.3) is 0 Å². The van der Waals surface area contributed by atoms with Crippen LogP contribution < -0.4 is 9.80 Å².